The zero-order chi connectivity index (χ0) is 16.9. The van der Waals surface area contributed by atoms with Crippen molar-refractivity contribution in [1.82, 2.24) is 19.9 Å². The number of aryl methyl sites for hydroxylation is 1. The first-order valence-corrected chi connectivity index (χ1v) is 8.25. The normalized spacial score (nSPS) is 17.1. The van der Waals surface area contributed by atoms with Crippen LogP contribution in [0.25, 0.3) is 0 Å². The maximum absolute atomic E-state index is 13.2. The molecule has 7 heteroatoms. The summed E-state index contributed by atoms with van der Waals surface area (Å²) in [4.78, 5) is 2.35. The average Bonchev–Trinajstić information content (AvgIpc) is 3.01. The fourth-order valence-electron chi connectivity index (χ4n) is 2.93. The van der Waals surface area contributed by atoms with Crippen LogP contribution < -0.4 is 0 Å². The Labute approximate surface area is 140 Å². The minimum absolute atomic E-state index is 0.297. The van der Waals surface area contributed by atoms with Crippen molar-refractivity contribution in [2.75, 3.05) is 32.8 Å². The number of aliphatic hydroxyl groups excluding tert-OH is 1. The highest BCUT2D eigenvalue weighted by atomic mass is 19.1. The molecule has 0 saturated carbocycles. The second-order valence-electron chi connectivity index (χ2n) is 6.15. The zero-order valence-corrected chi connectivity index (χ0v) is 13.9. The molecule has 0 bridgehead atoms. The van der Waals surface area contributed by atoms with Crippen LogP contribution in [0.2, 0.25) is 0 Å². The Morgan fingerprint density at radius 1 is 1.33 bits per heavy atom. The molecule has 24 heavy (non-hydrogen) atoms. The van der Waals surface area contributed by atoms with Crippen molar-refractivity contribution in [3.63, 3.8) is 0 Å². The molecule has 3 rings (SSSR count). The Kier molecular flexibility index (Phi) is 5.55. The summed E-state index contributed by atoms with van der Waals surface area (Å²) in [5, 5.41) is 18.6. The number of halogens is 1. The van der Waals surface area contributed by atoms with Crippen molar-refractivity contribution >= 4 is 0 Å². The number of ether oxygens (including phenoxy) is 1. The van der Waals surface area contributed by atoms with E-state index in [1.807, 2.05) is 6.20 Å². The van der Waals surface area contributed by atoms with Crippen molar-refractivity contribution in [1.29, 1.82) is 0 Å². The Hall–Kier alpha value is -1.83. The quantitative estimate of drug-likeness (QED) is 0.864. The number of morpholine rings is 1. The predicted molar refractivity (Wildman–Crippen MR) is 87.1 cm³/mol. The van der Waals surface area contributed by atoms with E-state index in [0.717, 1.165) is 50.5 Å². The summed E-state index contributed by atoms with van der Waals surface area (Å²) in [5.74, 6) is -0.297. The lowest BCUT2D eigenvalue weighted by atomic mass is 10.0. The van der Waals surface area contributed by atoms with Gasteiger partial charge in [0.2, 0.25) is 0 Å². The van der Waals surface area contributed by atoms with Crippen LogP contribution in [0.5, 0.6) is 0 Å². The molecule has 0 aliphatic carbocycles. The predicted octanol–water partition coefficient (Wildman–Crippen LogP) is 1.33. The third-order valence-corrected chi connectivity index (χ3v) is 4.32. The van der Waals surface area contributed by atoms with Crippen molar-refractivity contribution in [2.45, 2.75) is 26.0 Å². The SMILES string of the molecule is Cc1cc(F)ccc1C(O)Cn1cc(CCN2CCOCC2)nn1. The van der Waals surface area contributed by atoms with E-state index in [4.69, 9.17) is 4.74 Å². The Balaban J connectivity index is 1.55. The Morgan fingerprint density at radius 2 is 2.12 bits per heavy atom. The summed E-state index contributed by atoms with van der Waals surface area (Å²) in [6.45, 7) is 6.51. The summed E-state index contributed by atoms with van der Waals surface area (Å²) < 4.78 is 20.1. The molecule has 1 atom stereocenters. The van der Waals surface area contributed by atoms with Crippen LogP contribution >= 0.6 is 0 Å². The first kappa shape index (κ1) is 17.0. The molecule has 1 fully saturated rings. The number of aliphatic hydroxyl groups is 1. The Morgan fingerprint density at radius 3 is 2.88 bits per heavy atom. The monoisotopic (exact) mass is 334 g/mol. The van der Waals surface area contributed by atoms with Crippen molar-refractivity contribution < 1.29 is 14.2 Å². The lowest BCUT2D eigenvalue weighted by Crippen LogP contribution is -2.37. The van der Waals surface area contributed by atoms with Gasteiger partial charge in [-0.3, -0.25) is 4.90 Å². The topological polar surface area (TPSA) is 63.4 Å². The molecular formula is C17H23FN4O2. The van der Waals surface area contributed by atoms with Gasteiger partial charge in [0.25, 0.3) is 0 Å². The Bertz CT molecular complexity index is 670. The van der Waals surface area contributed by atoms with Crippen LogP contribution in [0.4, 0.5) is 4.39 Å². The standard InChI is InChI=1S/C17H23FN4O2/c1-13-10-14(18)2-3-16(13)17(23)12-22-11-15(19-20-22)4-5-21-6-8-24-9-7-21/h2-3,10-11,17,23H,4-9,12H2,1H3. The van der Waals surface area contributed by atoms with Gasteiger partial charge in [0.1, 0.15) is 5.82 Å². The second kappa shape index (κ2) is 7.83. The van der Waals surface area contributed by atoms with Crippen LogP contribution in [-0.4, -0.2) is 57.8 Å². The summed E-state index contributed by atoms with van der Waals surface area (Å²) in [7, 11) is 0. The van der Waals surface area contributed by atoms with Crippen LogP contribution in [0.1, 0.15) is 22.9 Å². The summed E-state index contributed by atoms with van der Waals surface area (Å²) in [5.41, 5.74) is 2.35. The molecule has 1 N–H and O–H groups in total. The van der Waals surface area contributed by atoms with E-state index in [2.05, 4.69) is 15.2 Å². The number of nitrogens with zero attached hydrogens (tertiary/aromatic N) is 4. The highest BCUT2D eigenvalue weighted by Crippen LogP contribution is 2.20. The van der Waals surface area contributed by atoms with Crippen molar-refractivity contribution in [3.8, 4) is 0 Å². The fraction of sp³-hybridized carbons (Fsp3) is 0.529. The third kappa shape index (κ3) is 4.37. The minimum atomic E-state index is -0.737. The highest BCUT2D eigenvalue weighted by Gasteiger charge is 2.14. The van der Waals surface area contributed by atoms with Gasteiger partial charge in [-0.15, -0.1) is 5.10 Å². The number of hydrogen-bond acceptors (Lipinski definition) is 5. The molecule has 2 heterocycles. The first-order valence-electron chi connectivity index (χ1n) is 8.25. The molecule has 0 spiro atoms. The molecule has 6 nitrogen and oxygen atoms in total. The van der Waals surface area contributed by atoms with Gasteiger partial charge in [0.05, 0.1) is 31.6 Å². The molecule has 0 radical (unpaired) electrons. The maximum Gasteiger partial charge on any atom is 0.123 e. The minimum Gasteiger partial charge on any atom is -0.386 e. The van der Waals surface area contributed by atoms with Crippen LogP contribution in [0.15, 0.2) is 24.4 Å². The summed E-state index contributed by atoms with van der Waals surface area (Å²) >= 11 is 0. The summed E-state index contributed by atoms with van der Waals surface area (Å²) in [6, 6.07) is 4.40. The van der Waals surface area contributed by atoms with Gasteiger partial charge in [-0.1, -0.05) is 11.3 Å². The van der Waals surface area contributed by atoms with Gasteiger partial charge < -0.3 is 9.84 Å². The number of benzene rings is 1. The number of hydrogen-bond donors (Lipinski definition) is 1. The smallest absolute Gasteiger partial charge is 0.123 e. The van der Waals surface area contributed by atoms with E-state index in [0.29, 0.717) is 12.1 Å². The fourth-order valence-corrected chi connectivity index (χ4v) is 2.93. The van der Waals surface area contributed by atoms with Crippen LogP contribution in [0.3, 0.4) is 0 Å². The van der Waals surface area contributed by atoms with Gasteiger partial charge in [0.15, 0.2) is 0 Å². The number of aromatic nitrogens is 3. The third-order valence-electron chi connectivity index (χ3n) is 4.32. The maximum atomic E-state index is 13.2. The average molecular weight is 334 g/mol. The molecule has 1 aliphatic rings. The molecule has 1 aromatic heterocycles. The van der Waals surface area contributed by atoms with Gasteiger partial charge in [-0.05, 0) is 30.2 Å². The molecule has 1 saturated heterocycles. The van der Waals surface area contributed by atoms with E-state index >= 15 is 0 Å². The largest absolute Gasteiger partial charge is 0.386 e. The molecule has 1 unspecified atom stereocenters. The van der Waals surface area contributed by atoms with Crippen LogP contribution in [-0.2, 0) is 17.7 Å². The molecule has 0 amide bonds. The van der Waals surface area contributed by atoms with Gasteiger partial charge >= 0.3 is 0 Å². The molecule has 2 aromatic rings. The molecule has 130 valence electrons. The van der Waals surface area contributed by atoms with Gasteiger partial charge in [0, 0.05) is 32.3 Å². The van der Waals surface area contributed by atoms with Gasteiger partial charge in [-0.2, -0.15) is 0 Å². The lowest BCUT2D eigenvalue weighted by molar-refractivity contribution is 0.0383. The molecule has 1 aromatic carbocycles. The molecular weight excluding hydrogens is 311 g/mol. The second-order valence-corrected chi connectivity index (χ2v) is 6.15. The van der Waals surface area contributed by atoms with Crippen LogP contribution in [0, 0.1) is 12.7 Å². The van der Waals surface area contributed by atoms with E-state index in [-0.39, 0.29) is 5.82 Å². The summed E-state index contributed by atoms with van der Waals surface area (Å²) in [6.07, 6.45) is 1.95. The first-order chi connectivity index (χ1) is 11.6. The van der Waals surface area contributed by atoms with Crippen molar-refractivity contribution in [2.24, 2.45) is 0 Å². The zero-order valence-electron chi connectivity index (χ0n) is 13.9. The van der Waals surface area contributed by atoms with E-state index < -0.39 is 6.10 Å². The van der Waals surface area contributed by atoms with Crippen molar-refractivity contribution in [3.05, 3.63) is 47.0 Å². The highest BCUT2D eigenvalue weighted by molar-refractivity contribution is 5.28. The van der Waals surface area contributed by atoms with E-state index in [1.165, 1.54) is 12.1 Å². The molecule has 1 aliphatic heterocycles. The van der Waals surface area contributed by atoms with E-state index in [9.17, 15) is 9.50 Å². The van der Waals surface area contributed by atoms with E-state index in [1.54, 1.807) is 17.7 Å². The lowest BCUT2D eigenvalue weighted by Gasteiger charge is -2.25. The van der Waals surface area contributed by atoms with Gasteiger partial charge in [-0.25, -0.2) is 9.07 Å². The number of rotatable bonds is 6.